The zero-order valence-corrected chi connectivity index (χ0v) is 25.7. The minimum Gasteiger partial charge on any atom is -0.410 e. The maximum absolute atomic E-state index is 14.8. The summed E-state index contributed by atoms with van der Waals surface area (Å²) in [5, 5.41) is 0. The van der Waals surface area contributed by atoms with Crippen LogP contribution in [0, 0.1) is 20.8 Å². The molecule has 4 nitrogen and oxygen atoms in total. The average Bonchev–Trinajstić information content (AvgIpc) is 2.75. The van der Waals surface area contributed by atoms with Crippen molar-refractivity contribution in [2.45, 2.75) is 79.6 Å². The summed E-state index contributed by atoms with van der Waals surface area (Å²) >= 11 is 3.45. The minimum absolute atomic E-state index is 0.305. The quantitative estimate of drug-likeness (QED) is 0.282. The van der Waals surface area contributed by atoms with Crippen LogP contribution in [-0.2, 0) is 21.8 Å². The van der Waals surface area contributed by atoms with Gasteiger partial charge in [-0.15, -0.1) is 0 Å². The molecule has 0 fully saturated rings. The van der Waals surface area contributed by atoms with E-state index in [1.807, 2.05) is 19.1 Å². The molecule has 0 saturated heterocycles. The highest BCUT2D eigenvalue weighted by molar-refractivity contribution is 9.10. The van der Waals surface area contributed by atoms with E-state index >= 15 is 0 Å². The third-order valence-electron chi connectivity index (χ3n) is 6.72. The number of hydrogen-bond acceptors (Lipinski definition) is 4. The van der Waals surface area contributed by atoms with Crippen molar-refractivity contribution in [1.29, 1.82) is 0 Å². The Morgan fingerprint density at radius 2 is 1.24 bits per heavy atom. The fourth-order valence-corrected chi connectivity index (χ4v) is 6.82. The van der Waals surface area contributed by atoms with Crippen LogP contribution in [0.25, 0.3) is 0 Å². The van der Waals surface area contributed by atoms with Gasteiger partial charge in [0.25, 0.3) is 5.52 Å². The SMILES string of the molecule is Cc1cc2c(c(C(C)(C)C)c1)OP(=O)(C(=O)c1cc(Br)ccc1C)Oc1c(cc(C)cc1C(C)(C)C)C2. The van der Waals surface area contributed by atoms with Gasteiger partial charge in [0.15, 0.2) is 0 Å². The first-order valence-electron chi connectivity index (χ1n) is 12.6. The molecule has 0 spiro atoms. The van der Waals surface area contributed by atoms with Crippen molar-refractivity contribution in [3.05, 3.63) is 91.4 Å². The fourth-order valence-electron chi connectivity index (χ4n) is 4.81. The zero-order valence-electron chi connectivity index (χ0n) is 23.2. The third-order valence-corrected chi connectivity index (χ3v) is 8.80. The van der Waals surface area contributed by atoms with Gasteiger partial charge >= 0.3 is 7.60 Å². The molecule has 1 heterocycles. The van der Waals surface area contributed by atoms with Crippen LogP contribution in [0.3, 0.4) is 0 Å². The van der Waals surface area contributed by atoms with Gasteiger partial charge in [0.05, 0.1) is 0 Å². The van der Waals surface area contributed by atoms with Crippen LogP contribution in [0.2, 0.25) is 0 Å². The Kier molecular flexibility index (Phi) is 7.05. The second-order valence-electron chi connectivity index (χ2n) is 12.2. The van der Waals surface area contributed by atoms with E-state index < -0.39 is 13.1 Å². The summed E-state index contributed by atoms with van der Waals surface area (Å²) in [6, 6.07) is 13.6. The molecule has 0 aliphatic carbocycles. The van der Waals surface area contributed by atoms with Crippen LogP contribution in [0.5, 0.6) is 11.5 Å². The predicted octanol–water partition coefficient (Wildman–Crippen LogP) is 9.36. The smallest absolute Gasteiger partial charge is 0.410 e. The van der Waals surface area contributed by atoms with E-state index in [9.17, 15) is 9.36 Å². The molecule has 6 heteroatoms. The van der Waals surface area contributed by atoms with E-state index in [1.54, 1.807) is 6.07 Å². The molecular weight excluding hydrogens is 547 g/mol. The molecule has 0 bridgehead atoms. The molecule has 0 atom stereocenters. The summed E-state index contributed by atoms with van der Waals surface area (Å²) in [5.74, 6) is 0.957. The van der Waals surface area contributed by atoms with Crippen molar-refractivity contribution in [2.24, 2.45) is 0 Å². The second kappa shape index (κ2) is 9.43. The van der Waals surface area contributed by atoms with E-state index in [0.29, 0.717) is 29.0 Å². The van der Waals surface area contributed by atoms with Crippen molar-refractivity contribution in [3.8, 4) is 11.5 Å². The molecule has 3 aromatic carbocycles. The van der Waals surface area contributed by atoms with Gasteiger partial charge < -0.3 is 9.05 Å². The van der Waals surface area contributed by atoms with E-state index in [1.165, 1.54) is 0 Å². The summed E-state index contributed by atoms with van der Waals surface area (Å²) in [6.07, 6.45) is 0.546. The first kappa shape index (κ1) is 27.7. The van der Waals surface area contributed by atoms with Crippen LogP contribution in [-0.4, -0.2) is 5.52 Å². The Bertz CT molecular complexity index is 1380. The van der Waals surface area contributed by atoms with Crippen molar-refractivity contribution >= 4 is 29.1 Å². The third kappa shape index (κ3) is 5.45. The highest BCUT2D eigenvalue weighted by atomic mass is 79.9. The topological polar surface area (TPSA) is 52.6 Å². The lowest BCUT2D eigenvalue weighted by Gasteiger charge is -2.33. The van der Waals surface area contributed by atoms with Crippen molar-refractivity contribution in [3.63, 3.8) is 0 Å². The summed E-state index contributed by atoms with van der Waals surface area (Å²) in [6.45, 7) is 18.5. The Morgan fingerprint density at radius 3 is 1.68 bits per heavy atom. The van der Waals surface area contributed by atoms with Crippen LogP contribution in [0.1, 0.15) is 90.8 Å². The standard InChI is InChI=1S/C31H36BrO4P/c1-18-12-21-16-22-13-19(2)15-26(31(7,8)9)28(22)36-37(34,35-27(21)25(14-18)30(4,5)6)29(33)24-17-23(32)11-10-20(24)3/h10-15,17H,16H2,1-9H3. The average molecular weight is 584 g/mol. The lowest BCUT2D eigenvalue weighted by Crippen LogP contribution is -2.22. The summed E-state index contributed by atoms with van der Waals surface area (Å²) < 4.78 is 28.3. The van der Waals surface area contributed by atoms with Crippen molar-refractivity contribution < 1.29 is 18.4 Å². The molecule has 1 aliphatic heterocycles. The largest absolute Gasteiger partial charge is 0.503 e. The molecule has 4 rings (SSSR count). The molecule has 37 heavy (non-hydrogen) atoms. The van der Waals surface area contributed by atoms with Crippen LogP contribution in [0.4, 0.5) is 0 Å². The summed E-state index contributed by atoms with van der Waals surface area (Å²) in [7, 11) is -4.39. The molecule has 0 saturated carbocycles. The number of rotatable bonds is 2. The van der Waals surface area contributed by atoms with E-state index in [2.05, 4.69) is 95.6 Å². The lowest BCUT2D eigenvalue weighted by molar-refractivity contribution is 0.104. The summed E-state index contributed by atoms with van der Waals surface area (Å²) in [5.41, 5.74) is 5.54. The molecular formula is C31H36BrO4P. The molecule has 3 aromatic rings. The second-order valence-corrected chi connectivity index (χ2v) is 14.9. The van der Waals surface area contributed by atoms with E-state index in [-0.39, 0.29) is 10.8 Å². The number of carbonyl (C=O) groups is 1. The predicted molar refractivity (Wildman–Crippen MR) is 155 cm³/mol. The number of benzene rings is 3. The van der Waals surface area contributed by atoms with Gasteiger partial charge in [-0.1, -0.05) is 98.9 Å². The Morgan fingerprint density at radius 1 is 0.784 bits per heavy atom. The maximum atomic E-state index is 14.8. The number of hydrogen-bond donors (Lipinski definition) is 0. The highest BCUT2D eigenvalue weighted by Gasteiger charge is 2.44. The Labute approximate surface area is 229 Å². The van der Waals surface area contributed by atoms with E-state index in [4.69, 9.17) is 9.05 Å². The molecule has 1 aliphatic rings. The zero-order chi connectivity index (χ0) is 27.5. The first-order chi connectivity index (χ1) is 17.0. The number of aryl methyl sites for hydroxylation is 3. The fraction of sp³-hybridized carbons (Fsp3) is 0.387. The van der Waals surface area contributed by atoms with Gasteiger partial charge in [-0.2, -0.15) is 0 Å². The summed E-state index contributed by atoms with van der Waals surface area (Å²) in [4.78, 5) is 14.1. The number of fused-ring (bicyclic) bond motifs is 2. The maximum Gasteiger partial charge on any atom is 0.503 e. The van der Waals surface area contributed by atoms with E-state index in [0.717, 1.165) is 37.9 Å². The van der Waals surface area contributed by atoms with Gasteiger partial charge in [-0.3, -0.25) is 4.79 Å². The molecule has 0 unspecified atom stereocenters. The Hall–Kier alpha value is -2.36. The molecule has 0 radical (unpaired) electrons. The van der Waals surface area contributed by atoms with Crippen LogP contribution >= 0.6 is 23.5 Å². The van der Waals surface area contributed by atoms with Gasteiger partial charge in [0.2, 0.25) is 0 Å². The lowest BCUT2D eigenvalue weighted by atomic mass is 9.81. The van der Waals surface area contributed by atoms with Gasteiger partial charge in [0, 0.05) is 27.6 Å². The molecule has 0 N–H and O–H groups in total. The van der Waals surface area contributed by atoms with Gasteiger partial charge in [-0.25, -0.2) is 4.57 Å². The number of carbonyl (C=O) groups excluding carboxylic acids is 1. The van der Waals surface area contributed by atoms with Crippen LogP contribution < -0.4 is 9.05 Å². The molecule has 0 amide bonds. The van der Waals surface area contributed by atoms with Crippen molar-refractivity contribution in [1.82, 2.24) is 0 Å². The normalized spacial score (nSPS) is 15.0. The first-order valence-corrected chi connectivity index (χ1v) is 14.9. The number of halogens is 1. The van der Waals surface area contributed by atoms with Gasteiger partial charge in [-0.05, 0) is 60.4 Å². The minimum atomic E-state index is -4.39. The van der Waals surface area contributed by atoms with Crippen molar-refractivity contribution in [2.75, 3.05) is 0 Å². The molecule has 0 aromatic heterocycles. The molecule has 196 valence electrons. The highest BCUT2D eigenvalue weighted by Crippen LogP contribution is 2.58. The Balaban J connectivity index is 2.07. The monoisotopic (exact) mass is 582 g/mol. The van der Waals surface area contributed by atoms with Crippen LogP contribution in [0.15, 0.2) is 46.9 Å². The van der Waals surface area contributed by atoms with Gasteiger partial charge in [0.1, 0.15) is 11.5 Å².